The first-order valence-electron chi connectivity index (χ1n) is 4.91. The van der Waals surface area contributed by atoms with Gasteiger partial charge < -0.3 is 4.74 Å². The van der Waals surface area contributed by atoms with Crippen LogP contribution in [0, 0.1) is 0 Å². The van der Waals surface area contributed by atoms with Gasteiger partial charge in [0.1, 0.15) is 5.75 Å². The molecular weight excluding hydrogens is 220 g/mol. The van der Waals surface area contributed by atoms with Crippen LogP contribution in [-0.4, -0.2) is 5.97 Å². The number of esters is 1. The lowest BCUT2D eigenvalue weighted by Gasteiger charge is -1.93. The molecule has 1 aliphatic rings. The molecule has 0 atom stereocenters. The van der Waals surface area contributed by atoms with Crippen LogP contribution in [0.2, 0.25) is 0 Å². The Hall–Kier alpha value is -1.87. The van der Waals surface area contributed by atoms with E-state index in [-0.39, 0.29) is 5.97 Å². The molecule has 16 heavy (non-hydrogen) atoms. The lowest BCUT2D eigenvalue weighted by molar-refractivity contribution is -0.126. The van der Waals surface area contributed by atoms with Gasteiger partial charge in [-0.2, -0.15) is 0 Å². The van der Waals surface area contributed by atoms with Gasteiger partial charge in [0.15, 0.2) is 0 Å². The molecule has 0 amide bonds. The Bertz CT molecular complexity index is 567. The minimum atomic E-state index is -0.269. The fourth-order valence-electron chi connectivity index (χ4n) is 1.70. The molecule has 0 saturated heterocycles. The van der Waals surface area contributed by atoms with Crippen LogP contribution in [0.4, 0.5) is 0 Å². The van der Waals surface area contributed by atoms with Crippen LogP contribution in [0.25, 0.3) is 11.6 Å². The highest BCUT2D eigenvalue weighted by Crippen LogP contribution is 2.35. The molecule has 3 rings (SSSR count). The van der Waals surface area contributed by atoms with Crippen LogP contribution in [0.3, 0.4) is 0 Å². The maximum Gasteiger partial charge on any atom is 0.344 e. The van der Waals surface area contributed by atoms with Crippen molar-refractivity contribution in [3.05, 3.63) is 52.2 Å². The first-order chi connectivity index (χ1) is 7.84. The highest BCUT2D eigenvalue weighted by molar-refractivity contribution is 7.11. The Kier molecular flexibility index (Phi) is 2.11. The standard InChI is InChI=1S/C13H8O2S/c14-13-11(8-9-4-3-7-16-9)10-5-1-2-6-12(10)15-13/h1-8H/b11-8-. The van der Waals surface area contributed by atoms with E-state index in [1.807, 2.05) is 47.9 Å². The molecule has 0 N–H and O–H groups in total. The first-order valence-corrected chi connectivity index (χ1v) is 5.79. The highest BCUT2D eigenvalue weighted by atomic mass is 32.1. The van der Waals surface area contributed by atoms with Gasteiger partial charge in [-0.3, -0.25) is 0 Å². The zero-order valence-corrected chi connectivity index (χ0v) is 9.16. The first kappa shape index (κ1) is 9.36. The number of ether oxygens (including phenoxy) is 1. The Labute approximate surface area is 96.8 Å². The summed E-state index contributed by atoms with van der Waals surface area (Å²) in [6.45, 7) is 0. The zero-order chi connectivity index (χ0) is 11.0. The van der Waals surface area contributed by atoms with Crippen LogP contribution in [0.15, 0.2) is 41.8 Å². The molecule has 0 aliphatic carbocycles. The predicted octanol–water partition coefficient (Wildman–Crippen LogP) is 3.21. The van der Waals surface area contributed by atoms with Crippen LogP contribution >= 0.6 is 11.3 Å². The van der Waals surface area contributed by atoms with Gasteiger partial charge in [-0.25, -0.2) is 4.79 Å². The summed E-state index contributed by atoms with van der Waals surface area (Å²) in [4.78, 5) is 12.7. The van der Waals surface area contributed by atoms with E-state index in [1.54, 1.807) is 11.3 Å². The van der Waals surface area contributed by atoms with Crippen molar-refractivity contribution < 1.29 is 9.53 Å². The largest absolute Gasteiger partial charge is 0.422 e. The van der Waals surface area contributed by atoms with Crippen molar-refractivity contribution in [2.45, 2.75) is 0 Å². The third-order valence-corrected chi connectivity index (χ3v) is 3.25. The summed E-state index contributed by atoms with van der Waals surface area (Å²) in [5, 5.41) is 1.98. The number of fused-ring (bicyclic) bond motifs is 1. The lowest BCUT2D eigenvalue weighted by atomic mass is 10.1. The third kappa shape index (κ3) is 1.46. The molecule has 78 valence electrons. The monoisotopic (exact) mass is 228 g/mol. The summed E-state index contributed by atoms with van der Waals surface area (Å²) < 4.78 is 5.17. The maximum absolute atomic E-state index is 11.7. The molecule has 0 bridgehead atoms. The predicted molar refractivity (Wildman–Crippen MR) is 64.3 cm³/mol. The van der Waals surface area contributed by atoms with E-state index in [9.17, 15) is 4.79 Å². The molecule has 2 aromatic rings. The van der Waals surface area contributed by atoms with Gasteiger partial charge in [0.25, 0.3) is 0 Å². The Morgan fingerprint density at radius 1 is 1.12 bits per heavy atom. The zero-order valence-electron chi connectivity index (χ0n) is 8.34. The van der Waals surface area contributed by atoms with E-state index in [4.69, 9.17) is 4.74 Å². The van der Waals surface area contributed by atoms with Gasteiger partial charge in [0.2, 0.25) is 0 Å². The molecule has 1 aromatic carbocycles. The van der Waals surface area contributed by atoms with Gasteiger partial charge in [-0.1, -0.05) is 24.3 Å². The van der Waals surface area contributed by atoms with E-state index in [0.29, 0.717) is 11.3 Å². The number of para-hydroxylation sites is 1. The summed E-state index contributed by atoms with van der Waals surface area (Å²) in [5.74, 6) is 0.380. The van der Waals surface area contributed by atoms with Crippen LogP contribution in [0.1, 0.15) is 10.4 Å². The van der Waals surface area contributed by atoms with Crippen molar-refractivity contribution in [3.63, 3.8) is 0 Å². The smallest absolute Gasteiger partial charge is 0.344 e. The number of hydrogen-bond acceptors (Lipinski definition) is 3. The second-order valence-electron chi connectivity index (χ2n) is 3.46. The minimum absolute atomic E-state index is 0.269. The number of carbonyl (C=O) groups excluding carboxylic acids is 1. The van der Waals surface area contributed by atoms with Gasteiger partial charge in [0.05, 0.1) is 5.57 Å². The van der Waals surface area contributed by atoms with E-state index >= 15 is 0 Å². The summed E-state index contributed by atoms with van der Waals surface area (Å²) in [6, 6.07) is 11.4. The van der Waals surface area contributed by atoms with E-state index in [0.717, 1.165) is 10.4 Å². The fraction of sp³-hybridized carbons (Fsp3) is 0. The number of hydrogen-bond donors (Lipinski definition) is 0. The number of thiophene rings is 1. The number of carbonyl (C=O) groups is 1. The minimum Gasteiger partial charge on any atom is -0.422 e. The van der Waals surface area contributed by atoms with Crippen molar-refractivity contribution in [2.75, 3.05) is 0 Å². The third-order valence-electron chi connectivity index (χ3n) is 2.43. The molecule has 3 heteroatoms. The Morgan fingerprint density at radius 3 is 2.81 bits per heavy atom. The van der Waals surface area contributed by atoms with Gasteiger partial charge in [0, 0.05) is 10.4 Å². The van der Waals surface area contributed by atoms with Gasteiger partial charge in [-0.15, -0.1) is 11.3 Å². The van der Waals surface area contributed by atoms with Crippen molar-refractivity contribution in [1.82, 2.24) is 0 Å². The van der Waals surface area contributed by atoms with Crippen LogP contribution in [-0.2, 0) is 4.79 Å². The summed E-state index contributed by atoms with van der Waals surface area (Å²) in [6.07, 6.45) is 1.87. The summed E-state index contributed by atoms with van der Waals surface area (Å²) in [7, 11) is 0. The number of rotatable bonds is 1. The van der Waals surface area contributed by atoms with Crippen molar-refractivity contribution >= 4 is 29.0 Å². The molecule has 0 saturated carbocycles. The Balaban J connectivity index is 2.12. The van der Waals surface area contributed by atoms with Crippen LogP contribution < -0.4 is 4.74 Å². The fourth-order valence-corrected chi connectivity index (χ4v) is 2.35. The molecule has 1 aliphatic heterocycles. The molecule has 2 nitrogen and oxygen atoms in total. The second-order valence-corrected chi connectivity index (χ2v) is 4.44. The molecular formula is C13H8O2S. The molecule has 0 unspecified atom stereocenters. The lowest BCUT2D eigenvalue weighted by Crippen LogP contribution is -1.99. The average Bonchev–Trinajstić information content (AvgIpc) is 2.89. The SMILES string of the molecule is O=C1Oc2ccccc2/C1=C/c1cccs1. The van der Waals surface area contributed by atoms with Crippen molar-refractivity contribution in [2.24, 2.45) is 0 Å². The van der Waals surface area contributed by atoms with E-state index in [1.165, 1.54) is 0 Å². The van der Waals surface area contributed by atoms with Crippen molar-refractivity contribution in [1.29, 1.82) is 0 Å². The van der Waals surface area contributed by atoms with Gasteiger partial charge >= 0.3 is 5.97 Å². The highest BCUT2D eigenvalue weighted by Gasteiger charge is 2.26. The summed E-state index contributed by atoms with van der Waals surface area (Å²) >= 11 is 1.60. The second kappa shape index (κ2) is 3.61. The molecule has 0 fully saturated rings. The molecule has 1 aromatic heterocycles. The molecule has 0 radical (unpaired) electrons. The molecule has 0 spiro atoms. The van der Waals surface area contributed by atoms with E-state index < -0.39 is 0 Å². The maximum atomic E-state index is 11.7. The van der Waals surface area contributed by atoms with Crippen LogP contribution in [0.5, 0.6) is 5.75 Å². The molecule has 2 heterocycles. The van der Waals surface area contributed by atoms with E-state index in [2.05, 4.69) is 0 Å². The quantitative estimate of drug-likeness (QED) is 0.425. The van der Waals surface area contributed by atoms with Crippen molar-refractivity contribution in [3.8, 4) is 5.75 Å². The Morgan fingerprint density at radius 2 is 2.00 bits per heavy atom. The number of benzene rings is 1. The summed E-state index contributed by atoms with van der Waals surface area (Å²) in [5.41, 5.74) is 1.51. The normalized spacial score (nSPS) is 16.2. The average molecular weight is 228 g/mol. The topological polar surface area (TPSA) is 26.3 Å². The van der Waals surface area contributed by atoms with Gasteiger partial charge in [-0.05, 0) is 23.6 Å².